The zero-order valence-electron chi connectivity index (χ0n) is 8.89. The van der Waals surface area contributed by atoms with Crippen molar-refractivity contribution in [2.75, 3.05) is 12.4 Å². The predicted molar refractivity (Wildman–Crippen MR) is 62.1 cm³/mol. The second-order valence-corrected chi connectivity index (χ2v) is 2.40. The summed E-state index contributed by atoms with van der Waals surface area (Å²) in [7, 11) is 1.88. The van der Waals surface area contributed by atoms with E-state index in [0.717, 1.165) is 16.9 Å². The Balaban J connectivity index is 0. The molecule has 0 aliphatic heterocycles. The molecule has 1 aromatic rings. The molecule has 0 radical (unpaired) electrons. The second-order valence-electron chi connectivity index (χ2n) is 2.40. The number of aryl methyl sites for hydroxylation is 1. The number of rotatable bonds is 2. The summed E-state index contributed by atoms with van der Waals surface area (Å²) < 4.78 is 0. The Morgan fingerprint density at radius 2 is 2.15 bits per heavy atom. The fraction of sp³-hybridized carbons (Fsp3) is 0.364. The van der Waals surface area contributed by atoms with Crippen LogP contribution in [-0.2, 0) is 0 Å². The molecule has 0 atom stereocenters. The van der Waals surface area contributed by atoms with Crippen molar-refractivity contribution in [1.82, 2.24) is 4.98 Å². The molecular formula is C11H20N2. The van der Waals surface area contributed by atoms with Crippen molar-refractivity contribution in [3.8, 4) is 0 Å². The Bertz CT molecular complexity index is 272. The van der Waals surface area contributed by atoms with Crippen molar-refractivity contribution in [2.24, 2.45) is 0 Å². The number of anilines is 1. The van der Waals surface area contributed by atoms with Crippen molar-refractivity contribution in [1.29, 1.82) is 0 Å². The van der Waals surface area contributed by atoms with Crippen LogP contribution in [0, 0.1) is 6.92 Å². The van der Waals surface area contributed by atoms with Crippen molar-refractivity contribution >= 4 is 11.8 Å². The SMILES string of the molecule is C=Cc1ncc(C)cc1NC.CC.[HH]. The van der Waals surface area contributed by atoms with E-state index in [1.54, 1.807) is 6.08 Å². The molecule has 0 bridgehead atoms. The monoisotopic (exact) mass is 180 g/mol. The van der Waals surface area contributed by atoms with E-state index in [2.05, 4.69) is 16.9 Å². The van der Waals surface area contributed by atoms with Crippen LogP contribution in [0.5, 0.6) is 0 Å². The van der Waals surface area contributed by atoms with Crippen LogP contribution in [0.1, 0.15) is 26.5 Å². The summed E-state index contributed by atoms with van der Waals surface area (Å²) in [5.41, 5.74) is 3.08. The maximum Gasteiger partial charge on any atom is 0.0855 e. The highest BCUT2D eigenvalue weighted by Gasteiger charge is 1.96. The van der Waals surface area contributed by atoms with Crippen LogP contribution >= 0.6 is 0 Å². The minimum atomic E-state index is 0. The third kappa shape index (κ3) is 3.28. The smallest absolute Gasteiger partial charge is 0.0855 e. The van der Waals surface area contributed by atoms with Gasteiger partial charge in [0.1, 0.15) is 0 Å². The topological polar surface area (TPSA) is 24.9 Å². The van der Waals surface area contributed by atoms with Crippen LogP contribution in [0.2, 0.25) is 0 Å². The first-order valence-electron chi connectivity index (χ1n) is 4.54. The fourth-order valence-electron chi connectivity index (χ4n) is 0.943. The van der Waals surface area contributed by atoms with E-state index >= 15 is 0 Å². The summed E-state index contributed by atoms with van der Waals surface area (Å²) in [5.74, 6) is 0. The molecule has 0 saturated heterocycles. The number of aromatic nitrogens is 1. The zero-order chi connectivity index (χ0) is 10.3. The number of hydrogen-bond acceptors (Lipinski definition) is 2. The van der Waals surface area contributed by atoms with Crippen LogP contribution in [0.4, 0.5) is 5.69 Å². The lowest BCUT2D eigenvalue weighted by Crippen LogP contribution is -1.94. The van der Waals surface area contributed by atoms with Crippen molar-refractivity contribution in [2.45, 2.75) is 20.8 Å². The van der Waals surface area contributed by atoms with E-state index in [9.17, 15) is 0 Å². The van der Waals surface area contributed by atoms with Crippen LogP contribution in [0.15, 0.2) is 18.8 Å². The van der Waals surface area contributed by atoms with E-state index in [-0.39, 0.29) is 1.43 Å². The normalized spacial score (nSPS) is 8.31. The quantitative estimate of drug-likeness (QED) is 0.755. The lowest BCUT2D eigenvalue weighted by atomic mass is 10.2. The summed E-state index contributed by atoms with van der Waals surface area (Å²) in [6.07, 6.45) is 3.57. The Labute approximate surface area is 82.2 Å². The van der Waals surface area contributed by atoms with Gasteiger partial charge in [-0.05, 0) is 24.6 Å². The lowest BCUT2D eigenvalue weighted by Gasteiger charge is -2.04. The van der Waals surface area contributed by atoms with Gasteiger partial charge in [0, 0.05) is 14.7 Å². The summed E-state index contributed by atoms with van der Waals surface area (Å²) >= 11 is 0. The van der Waals surface area contributed by atoms with E-state index in [1.807, 2.05) is 40.1 Å². The molecule has 0 fully saturated rings. The molecule has 0 aliphatic carbocycles. The van der Waals surface area contributed by atoms with Gasteiger partial charge in [-0.2, -0.15) is 0 Å². The van der Waals surface area contributed by atoms with E-state index in [1.165, 1.54) is 0 Å². The minimum absolute atomic E-state index is 0. The molecule has 0 amide bonds. The van der Waals surface area contributed by atoms with Gasteiger partial charge in [-0.3, -0.25) is 4.98 Å². The fourth-order valence-corrected chi connectivity index (χ4v) is 0.943. The van der Waals surface area contributed by atoms with Gasteiger partial charge in [0.15, 0.2) is 0 Å². The van der Waals surface area contributed by atoms with Crippen LogP contribution in [-0.4, -0.2) is 12.0 Å². The maximum absolute atomic E-state index is 4.19. The lowest BCUT2D eigenvalue weighted by molar-refractivity contribution is 1.23. The van der Waals surface area contributed by atoms with Gasteiger partial charge in [-0.25, -0.2) is 0 Å². The first-order chi connectivity index (χ1) is 6.27. The van der Waals surface area contributed by atoms with E-state index in [4.69, 9.17) is 0 Å². The third-order valence-corrected chi connectivity index (χ3v) is 1.52. The van der Waals surface area contributed by atoms with Crippen LogP contribution in [0.25, 0.3) is 6.08 Å². The van der Waals surface area contributed by atoms with Gasteiger partial charge in [-0.1, -0.05) is 20.4 Å². The van der Waals surface area contributed by atoms with Gasteiger partial charge in [0.25, 0.3) is 0 Å². The van der Waals surface area contributed by atoms with Crippen LogP contribution in [0.3, 0.4) is 0 Å². The number of hydrogen-bond donors (Lipinski definition) is 1. The van der Waals surface area contributed by atoms with Crippen molar-refractivity contribution in [3.05, 3.63) is 30.1 Å². The first kappa shape index (κ1) is 11.7. The first-order valence-corrected chi connectivity index (χ1v) is 4.54. The van der Waals surface area contributed by atoms with Gasteiger partial charge >= 0.3 is 0 Å². The Morgan fingerprint density at radius 3 is 2.62 bits per heavy atom. The average Bonchev–Trinajstić information content (AvgIpc) is 2.20. The Kier molecular flexibility index (Phi) is 5.60. The van der Waals surface area contributed by atoms with E-state index in [0.29, 0.717) is 0 Å². The second kappa shape index (κ2) is 6.23. The standard InChI is InChI=1S/C9H12N2.C2H6.H2/c1-4-8-9(10-3)5-7(2)6-11-8;1-2;/h4-6,10H,1H2,2-3H3;1-2H3;1H. The number of nitrogens with one attached hydrogen (secondary N) is 1. The summed E-state index contributed by atoms with van der Waals surface area (Å²) in [6.45, 7) is 9.68. The largest absolute Gasteiger partial charge is 0.386 e. The Morgan fingerprint density at radius 1 is 1.54 bits per heavy atom. The molecule has 2 heteroatoms. The molecule has 74 valence electrons. The third-order valence-electron chi connectivity index (χ3n) is 1.52. The minimum Gasteiger partial charge on any atom is -0.386 e. The molecule has 2 nitrogen and oxygen atoms in total. The average molecular weight is 180 g/mol. The highest BCUT2D eigenvalue weighted by molar-refractivity contribution is 5.62. The molecule has 1 rings (SSSR count). The number of nitrogens with zero attached hydrogens (tertiary/aromatic N) is 1. The molecule has 0 spiro atoms. The number of pyridine rings is 1. The molecule has 0 aromatic carbocycles. The van der Waals surface area contributed by atoms with Gasteiger partial charge in [0.2, 0.25) is 0 Å². The van der Waals surface area contributed by atoms with Gasteiger partial charge in [-0.15, -0.1) is 0 Å². The summed E-state index contributed by atoms with van der Waals surface area (Å²) in [6, 6.07) is 2.05. The molecule has 0 saturated carbocycles. The summed E-state index contributed by atoms with van der Waals surface area (Å²) in [5, 5.41) is 3.05. The molecule has 13 heavy (non-hydrogen) atoms. The van der Waals surface area contributed by atoms with Gasteiger partial charge < -0.3 is 5.32 Å². The van der Waals surface area contributed by atoms with Crippen molar-refractivity contribution in [3.63, 3.8) is 0 Å². The highest BCUT2D eigenvalue weighted by atomic mass is 14.9. The van der Waals surface area contributed by atoms with Gasteiger partial charge in [0.05, 0.1) is 11.4 Å². The molecule has 0 unspecified atom stereocenters. The molecule has 1 aromatic heterocycles. The van der Waals surface area contributed by atoms with Crippen LogP contribution < -0.4 is 5.32 Å². The zero-order valence-corrected chi connectivity index (χ0v) is 8.89. The molecule has 0 aliphatic rings. The highest BCUT2D eigenvalue weighted by Crippen LogP contribution is 2.14. The van der Waals surface area contributed by atoms with Crippen molar-refractivity contribution < 1.29 is 1.43 Å². The Hall–Kier alpha value is -1.31. The summed E-state index contributed by atoms with van der Waals surface area (Å²) in [4.78, 5) is 4.19. The maximum atomic E-state index is 4.19. The molecule has 1 heterocycles. The molecular weight excluding hydrogens is 160 g/mol. The predicted octanol–water partition coefficient (Wildman–Crippen LogP) is 3.35. The van der Waals surface area contributed by atoms with E-state index < -0.39 is 0 Å². The molecule has 1 N–H and O–H groups in total.